The number of rotatable bonds is 13. The third kappa shape index (κ3) is 10.4. The van der Waals surface area contributed by atoms with Gasteiger partial charge in [-0.15, -0.1) is 0 Å². The molecule has 0 aromatic carbocycles. The molecule has 0 aromatic rings. The third-order valence-electron chi connectivity index (χ3n) is 2.95. The Morgan fingerprint density at radius 3 is 1.50 bits per heavy atom. The van der Waals surface area contributed by atoms with E-state index in [9.17, 15) is 0 Å². The molecule has 0 N–H and O–H groups in total. The van der Waals surface area contributed by atoms with Crippen molar-refractivity contribution in [3.8, 4) is 0 Å². The van der Waals surface area contributed by atoms with Crippen LogP contribution in [0.25, 0.3) is 0 Å². The van der Waals surface area contributed by atoms with Crippen molar-refractivity contribution in [3.05, 3.63) is 25.3 Å². The van der Waals surface area contributed by atoms with Crippen LogP contribution in [0.4, 0.5) is 0 Å². The van der Waals surface area contributed by atoms with Crippen molar-refractivity contribution in [1.82, 2.24) is 0 Å². The molecule has 0 rings (SSSR count). The van der Waals surface area contributed by atoms with Crippen molar-refractivity contribution >= 4 is 26.3 Å². The molecule has 2 heteroatoms. The summed E-state index contributed by atoms with van der Waals surface area (Å²) in [6, 6.07) is 0. The van der Waals surface area contributed by atoms with E-state index >= 15 is 0 Å². The van der Waals surface area contributed by atoms with Crippen LogP contribution in [0.2, 0.25) is 9.63 Å². The molecule has 0 saturated heterocycles. The van der Waals surface area contributed by atoms with E-state index in [0.29, 0.717) is 0 Å². The zero-order chi connectivity index (χ0) is 13.6. The Kier molecular flexibility index (Phi) is 14.3. The maximum atomic E-state index is 3.92. The zero-order valence-corrected chi connectivity index (χ0v) is 15.6. The summed E-state index contributed by atoms with van der Waals surface area (Å²) >= 11 is 1.72. The molecule has 2 atom stereocenters. The Bertz CT molecular complexity index is 179. The van der Waals surface area contributed by atoms with Gasteiger partial charge in [0, 0.05) is 0 Å². The first-order valence-electron chi connectivity index (χ1n) is 7.32. The summed E-state index contributed by atoms with van der Waals surface area (Å²) < 4.78 is 0. The van der Waals surface area contributed by atoms with Gasteiger partial charge in [-0.05, 0) is 0 Å². The molecule has 0 radical (unpaired) electrons. The fourth-order valence-corrected chi connectivity index (χ4v) is 11.7. The Balaban J connectivity index is 3.99. The van der Waals surface area contributed by atoms with Gasteiger partial charge in [0.15, 0.2) is 0 Å². The third-order valence-corrected chi connectivity index (χ3v) is 13.3. The monoisotopic (exact) mass is 382 g/mol. The van der Waals surface area contributed by atoms with Gasteiger partial charge < -0.3 is 0 Å². The zero-order valence-electron chi connectivity index (χ0n) is 12.2. The standard InChI is InChI=1S/C16H30Se2/c1-5-9-13-15(11-7-3)17-18-16(12-8-4)14-10-6-2/h7-8,15-16H,3-6,9-14H2,1-2H3. The summed E-state index contributed by atoms with van der Waals surface area (Å²) in [4.78, 5) is 1.92. The van der Waals surface area contributed by atoms with Gasteiger partial charge in [-0.1, -0.05) is 0 Å². The predicted octanol–water partition coefficient (Wildman–Crippen LogP) is 5.42. The molecule has 18 heavy (non-hydrogen) atoms. The van der Waals surface area contributed by atoms with Crippen LogP contribution in [-0.2, 0) is 0 Å². The van der Waals surface area contributed by atoms with Gasteiger partial charge >= 0.3 is 126 Å². The van der Waals surface area contributed by atoms with Gasteiger partial charge in [-0.25, -0.2) is 0 Å². The number of allylic oxidation sites excluding steroid dienone is 2. The maximum absolute atomic E-state index is 3.92. The summed E-state index contributed by atoms with van der Waals surface area (Å²) in [5.74, 6) is 0. The van der Waals surface area contributed by atoms with Gasteiger partial charge in [0.25, 0.3) is 0 Å². The number of hydrogen-bond donors (Lipinski definition) is 0. The van der Waals surface area contributed by atoms with Crippen molar-refractivity contribution in [1.29, 1.82) is 0 Å². The minimum absolute atomic E-state index is 0.859. The second kappa shape index (κ2) is 13.9. The van der Waals surface area contributed by atoms with Crippen molar-refractivity contribution < 1.29 is 0 Å². The molecule has 0 aromatic heterocycles. The second-order valence-corrected chi connectivity index (χ2v) is 12.6. The molecule has 0 bridgehead atoms. The van der Waals surface area contributed by atoms with Crippen LogP contribution >= 0.6 is 0 Å². The summed E-state index contributed by atoms with van der Waals surface area (Å²) in [5, 5.41) is 0. The van der Waals surface area contributed by atoms with E-state index in [1.165, 1.54) is 51.4 Å². The van der Waals surface area contributed by atoms with Gasteiger partial charge in [0.1, 0.15) is 0 Å². The van der Waals surface area contributed by atoms with Gasteiger partial charge in [0.05, 0.1) is 0 Å². The Morgan fingerprint density at radius 2 is 1.22 bits per heavy atom. The van der Waals surface area contributed by atoms with Crippen LogP contribution in [-0.4, -0.2) is 26.3 Å². The van der Waals surface area contributed by atoms with Gasteiger partial charge in [0.2, 0.25) is 0 Å². The van der Waals surface area contributed by atoms with Crippen LogP contribution in [0.5, 0.6) is 0 Å². The van der Waals surface area contributed by atoms with E-state index in [1.54, 1.807) is 0 Å². The van der Waals surface area contributed by atoms with Crippen LogP contribution in [0, 0.1) is 0 Å². The average Bonchev–Trinajstić information content (AvgIpc) is 2.38. The Labute approximate surface area is 126 Å². The van der Waals surface area contributed by atoms with E-state index in [-0.39, 0.29) is 0 Å². The molecule has 106 valence electrons. The van der Waals surface area contributed by atoms with E-state index in [4.69, 9.17) is 0 Å². The fraction of sp³-hybridized carbons (Fsp3) is 0.750. The quantitative estimate of drug-likeness (QED) is 0.296. The number of unbranched alkanes of at least 4 members (excludes halogenated alkanes) is 2. The molecule has 0 aliphatic rings. The van der Waals surface area contributed by atoms with Crippen molar-refractivity contribution in [3.63, 3.8) is 0 Å². The van der Waals surface area contributed by atoms with Crippen LogP contribution < -0.4 is 0 Å². The predicted molar refractivity (Wildman–Crippen MR) is 87.7 cm³/mol. The molecular weight excluding hydrogens is 350 g/mol. The number of hydrogen-bond acceptors (Lipinski definition) is 0. The van der Waals surface area contributed by atoms with Crippen molar-refractivity contribution in [2.24, 2.45) is 0 Å². The first-order valence-corrected chi connectivity index (χ1v) is 13.6. The normalized spacial score (nSPS) is 14.1. The Hall–Kier alpha value is 0.519. The summed E-state index contributed by atoms with van der Waals surface area (Å²) in [6.45, 7) is 12.4. The van der Waals surface area contributed by atoms with Gasteiger partial charge in [-0.3, -0.25) is 0 Å². The molecule has 0 heterocycles. The van der Waals surface area contributed by atoms with Crippen LogP contribution in [0.15, 0.2) is 25.3 Å². The fourth-order valence-electron chi connectivity index (χ4n) is 1.80. The molecule has 0 spiro atoms. The molecule has 0 aliphatic carbocycles. The molecule has 2 unspecified atom stereocenters. The first kappa shape index (κ1) is 18.5. The van der Waals surface area contributed by atoms with Crippen LogP contribution in [0.1, 0.15) is 65.2 Å². The topological polar surface area (TPSA) is 0 Å². The van der Waals surface area contributed by atoms with Crippen LogP contribution in [0.3, 0.4) is 0 Å². The SMILES string of the molecule is C=CCC(CCCC)[Se][Se]C(CC=C)CCCC. The molecule has 0 amide bonds. The van der Waals surface area contributed by atoms with E-state index in [1.807, 2.05) is 0 Å². The average molecular weight is 380 g/mol. The molecule has 0 saturated carbocycles. The molecule has 0 nitrogen and oxygen atoms in total. The second-order valence-electron chi connectivity index (χ2n) is 4.77. The van der Waals surface area contributed by atoms with Crippen molar-refractivity contribution in [2.45, 2.75) is 74.8 Å². The van der Waals surface area contributed by atoms with E-state index in [2.05, 4.69) is 39.2 Å². The first-order chi connectivity index (χ1) is 8.78. The summed E-state index contributed by atoms with van der Waals surface area (Å²) in [7, 11) is 0. The molecular formula is C16H30Se2. The molecule has 0 aliphatic heterocycles. The Morgan fingerprint density at radius 1 is 0.833 bits per heavy atom. The molecule has 0 fully saturated rings. The van der Waals surface area contributed by atoms with Gasteiger partial charge in [-0.2, -0.15) is 0 Å². The summed E-state index contributed by atoms with van der Waals surface area (Å²) in [5.41, 5.74) is 0. The summed E-state index contributed by atoms with van der Waals surface area (Å²) in [6.07, 6.45) is 15.1. The van der Waals surface area contributed by atoms with Crippen molar-refractivity contribution in [2.75, 3.05) is 0 Å². The van der Waals surface area contributed by atoms with E-state index < -0.39 is 0 Å². The van der Waals surface area contributed by atoms with E-state index in [0.717, 1.165) is 35.9 Å². The minimum atomic E-state index is 0.859.